The van der Waals surface area contributed by atoms with Crippen LogP contribution < -0.4 is 0 Å². The van der Waals surface area contributed by atoms with Crippen LogP contribution in [-0.2, 0) is 0 Å². The van der Waals surface area contributed by atoms with Crippen LogP contribution in [0.4, 0.5) is 0 Å². The highest BCUT2D eigenvalue weighted by molar-refractivity contribution is 9.10. The fourth-order valence-electron chi connectivity index (χ4n) is 5.07. The number of hydrogen-bond acceptors (Lipinski definition) is 0. The van der Waals surface area contributed by atoms with Gasteiger partial charge < -0.3 is 4.57 Å². The molecule has 6 aromatic rings. The average Bonchev–Trinajstić information content (AvgIpc) is 3.20. The molecule has 0 aliphatic rings. The predicted molar refractivity (Wildman–Crippen MR) is 149 cm³/mol. The predicted octanol–water partition coefficient (Wildman–Crippen LogP) is 9.50. The first-order chi connectivity index (χ1) is 16.6. The molecule has 1 aromatic heterocycles. The van der Waals surface area contributed by atoms with Gasteiger partial charge >= 0.3 is 0 Å². The molecule has 0 N–H and O–H groups in total. The Morgan fingerprint density at radius 3 is 2.03 bits per heavy atom. The molecule has 6 rings (SSSR count). The zero-order valence-corrected chi connectivity index (χ0v) is 20.8. The summed E-state index contributed by atoms with van der Waals surface area (Å²) < 4.78 is 3.57. The molecule has 1 nitrogen and oxygen atoms in total. The third kappa shape index (κ3) is 3.29. The van der Waals surface area contributed by atoms with Crippen molar-refractivity contribution in [1.82, 2.24) is 4.57 Å². The van der Waals surface area contributed by atoms with E-state index in [0.717, 1.165) is 4.47 Å². The van der Waals surface area contributed by atoms with Crippen molar-refractivity contribution < 1.29 is 0 Å². The van der Waals surface area contributed by atoms with Crippen molar-refractivity contribution in [2.24, 2.45) is 0 Å². The minimum Gasteiger partial charge on any atom is -0.309 e. The van der Waals surface area contributed by atoms with Gasteiger partial charge in [-0.15, -0.1) is 0 Å². The van der Waals surface area contributed by atoms with Gasteiger partial charge in [0, 0.05) is 26.5 Å². The van der Waals surface area contributed by atoms with Crippen molar-refractivity contribution >= 4 is 37.7 Å². The number of rotatable bonds is 3. The maximum Gasteiger partial charge on any atom is 0.0623 e. The van der Waals surface area contributed by atoms with Crippen LogP contribution in [0.25, 0.3) is 49.7 Å². The van der Waals surface area contributed by atoms with Crippen molar-refractivity contribution in [3.63, 3.8) is 0 Å². The van der Waals surface area contributed by atoms with Gasteiger partial charge in [-0.1, -0.05) is 101 Å². The van der Waals surface area contributed by atoms with E-state index < -0.39 is 0 Å². The summed E-state index contributed by atoms with van der Waals surface area (Å²) in [5.41, 5.74) is 11.2. The van der Waals surface area contributed by atoms with Gasteiger partial charge in [0.15, 0.2) is 0 Å². The summed E-state index contributed by atoms with van der Waals surface area (Å²) in [5, 5.41) is 2.53. The van der Waals surface area contributed by atoms with Crippen LogP contribution in [0.1, 0.15) is 11.1 Å². The number of aromatic nitrogens is 1. The molecule has 34 heavy (non-hydrogen) atoms. The third-order valence-corrected chi connectivity index (χ3v) is 7.63. The monoisotopic (exact) mass is 501 g/mol. The molecule has 0 radical (unpaired) electrons. The second-order valence-corrected chi connectivity index (χ2v) is 9.69. The number of nitrogens with zero attached hydrogens (tertiary/aromatic N) is 1. The van der Waals surface area contributed by atoms with Crippen LogP contribution in [0, 0.1) is 13.8 Å². The van der Waals surface area contributed by atoms with E-state index in [1.165, 1.54) is 60.9 Å². The Balaban J connectivity index is 1.70. The molecule has 5 aromatic carbocycles. The van der Waals surface area contributed by atoms with Gasteiger partial charge in [-0.2, -0.15) is 0 Å². The van der Waals surface area contributed by atoms with Gasteiger partial charge in [0.25, 0.3) is 0 Å². The Hall–Kier alpha value is -3.62. The zero-order valence-electron chi connectivity index (χ0n) is 19.2. The van der Waals surface area contributed by atoms with Crippen molar-refractivity contribution in [3.05, 3.63) is 125 Å². The first-order valence-electron chi connectivity index (χ1n) is 11.6. The summed E-state index contributed by atoms with van der Waals surface area (Å²) in [6, 6.07) is 39.2. The van der Waals surface area contributed by atoms with Crippen LogP contribution in [0.2, 0.25) is 0 Å². The number of benzene rings is 5. The molecule has 0 aliphatic heterocycles. The minimum atomic E-state index is 1.14. The molecule has 0 amide bonds. The smallest absolute Gasteiger partial charge is 0.0623 e. The summed E-state index contributed by atoms with van der Waals surface area (Å²) in [7, 11) is 0. The van der Waals surface area contributed by atoms with E-state index in [4.69, 9.17) is 0 Å². The van der Waals surface area contributed by atoms with Gasteiger partial charge in [-0.25, -0.2) is 0 Å². The van der Waals surface area contributed by atoms with E-state index >= 15 is 0 Å². The van der Waals surface area contributed by atoms with E-state index in [9.17, 15) is 0 Å². The van der Waals surface area contributed by atoms with Crippen LogP contribution in [0.5, 0.6) is 0 Å². The molecule has 0 bridgehead atoms. The molecule has 0 unspecified atom stereocenters. The number of hydrogen-bond donors (Lipinski definition) is 0. The van der Waals surface area contributed by atoms with Crippen molar-refractivity contribution in [2.75, 3.05) is 0 Å². The number of fused-ring (bicyclic) bond motifs is 3. The fourth-order valence-corrected chi connectivity index (χ4v) is 5.50. The second kappa shape index (κ2) is 8.30. The van der Waals surface area contributed by atoms with E-state index in [-0.39, 0.29) is 0 Å². The highest BCUT2D eigenvalue weighted by Crippen LogP contribution is 2.43. The van der Waals surface area contributed by atoms with Crippen molar-refractivity contribution in [2.45, 2.75) is 13.8 Å². The highest BCUT2D eigenvalue weighted by Gasteiger charge is 2.20. The van der Waals surface area contributed by atoms with Crippen LogP contribution in [-0.4, -0.2) is 4.57 Å². The first-order valence-corrected chi connectivity index (χ1v) is 12.4. The highest BCUT2D eigenvalue weighted by atomic mass is 79.9. The Labute approximate surface area is 208 Å². The SMILES string of the molecule is Cc1ccccc1-c1c(C)c(Br)cc2c3ccccc3n(-c3ccc(-c4ccccc4)cc3)c12. The van der Waals surface area contributed by atoms with Crippen LogP contribution >= 0.6 is 15.9 Å². The lowest BCUT2D eigenvalue weighted by Gasteiger charge is -2.17. The molecule has 0 saturated carbocycles. The standard InChI is InChI=1S/C32H24BrN/c1-21-10-6-7-13-26(21)31-22(2)29(33)20-28-27-14-8-9-15-30(27)34(32(28)31)25-18-16-24(17-19-25)23-11-4-3-5-12-23/h3-20H,1-2H3. The van der Waals surface area contributed by atoms with Crippen molar-refractivity contribution in [1.29, 1.82) is 0 Å². The van der Waals surface area contributed by atoms with E-state index in [1.807, 2.05) is 0 Å². The van der Waals surface area contributed by atoms with Gasteiger partial charge in [0.2, 0.25) is 0 Å². The molecule has 0 atom stereocenters. The van der Waals surface area contributed by atoms with E-state index in [0.29, 0.717) is 0 Å². The molecule has 0 spiro atoms. The largest absolute Gasteiger partial charge is 0.309 e. The molecule has 0 saturated heterocycles. The molecular formula is C32H24BrN. The van der Waals surface area contributed by atoms with Crippen molar-refractivity contribution in [3.8, 4) is 27.9 Å². The molecule has 1 heterocycles. The molecule has 0 fully saturated rings. The van der Waals surface area contributed by atoms with Crippen LogP contribution in [0.3, 0.4) is 0 Å². The van der Waals surface area contributed by atoms with Gasteiger partial charge in [0.05, 0.1) is 11.0 Å². The Kier molecular flexibility index (Phi) is 5.12. The minimum absolute atomic E-state index is 1.14. The lowest BCUT2D eigenvalue weighted by atomic mass is 9.94. The van der Waals surface area contributed by atoms with E-state index in [1.54, 1.807) is 0 Å². The zero-order chi connectivity index (χ0) is 23.2. The molecular weight excluding hydrogens is 478 g/mol. The summed E-state index contributed by atoms with van der Waals surface area (Å²) >= 11 is 3.87. The van der Waals surface area contributed by atoms with Gasteiger partial charge in [0.1, 0.15) is 0 Å². The normalized spacial score (nSPS) is 11.4. The summed E-state index contributed by atoms with van der Waals surface area (Å²) in [6.45, 7) is 4.41. The second-order valence-electron chi connectivity index (χ2n) is 8.83. The summed E-state index contributed by atoms with van der Waals surface area (Å²) in [6.07, 6.45) is 0. The maximum absolute atomic E-state index is 3.87. The average molecular weight is 502 g/mol. The number of para-hydroxylation sites is 1. The molecule has 2 heteroatoms. The maximum atomic E-state index is 3.87. The summed E-state index contributed by atoms with van der Waals surface area (Å²) in [4.78, 5) is 0. The quantitative estimate of drug-likeness (QED) is 0.227. The lowest BCUT2D eigenvalue weighted by molar-refractivity contribution is 1.18. The van der Waals surface area contributed by atoms with Gasteiger partial charge in [-0.3, -0.25) is 0 Å². The lowest BCUT2D eigenvalue weighted by Crippen LogP contribution is -1.98. The Bertz CT molecular complexity index is 1660. The van der Waals surface area contributed by atoms with E-state index in [2.05, 4.69) is 144 Å². The number of halogens is 1. The Morgan fingerprint density at radius 1 is 0.618 bits per heavy atom. The van der Waals surface area contributed by atoms with Crippen LogP contribution in [0.15, 0.2) is 114 Å². The third-order valence-electron chi connectivity index (χ3n) is 6.80. The molecule has 164 valence electrons. The topological polar surface area (TPSA) is 4.93 Å². The first kappa shape index (κ1) is 20.9. The summed E-state index contributed by atoms with van der Waals surface area (Å²) in [5.74, 6) is 0. The number of aryl methyl sites for hydroxylation is 1. The fraction of sp³-hybridized carbons (Fsp3) is 0.0625. The Morgan fingerprint density at radius 2 is 1.26 bits per heavy atom. The van der Waals surface area contributed by atoms with Gasteiger partial charge in [-0.05, 0) is 65.9 Å². The molecule has 0 aliphatic carbocycles.